The number of hydrogen-bond acceptors (Lipinski definition) is 3. The first-order valence-corrected chi connectivity index (χ1v) is 9.06. The van der Waals surface area contributed by atoms with Gasteiger partial charge in [0.25, 0.3) is 0 Å². The van der Waals surface area contributed by atoms with Crippen LogP contribution in [0.2, 0.25) is 0 Å². The van der Waals surface area contributed by atoms with Crippen LogP contribution in [0.1, 0.15) is 37.9 Å². The van der Waals surface area contributed by atoms with E-state index in [2.05, 4.69) is 10.2 Å². The van der Waals surface area contributed by atoms with Gasteiger partial charge in [0.2, 0.25) is 0 Å². The summed E-state index contributed by atoms with van der Waals surface area (Å²) in [5, 5.41) is 3.04. The highest BCUT2D eigenvalue weighted by Crippen LogP contribution is 2.22. The molecule has 1 N–H and O–H groups in total. The van der Waals surface area contributed by atoms with Gasteiger partial charge in [0.1, 0.15) is 0 Å². The number of likely N-dealkylation sites (tertiary alicyclic amines) is 2. The molecule has 3 rings (SSSR count). The molecule has 0 radical (unpaired) electrons. The summed E-state index contributed by atoms with van der Waals surface area (Å²) in [5.41, 5.74) is 1.91. The van der Waals surface area contributed by atoms with Gasteiger partial charge in [-0.15, -0.1) is 0 Å². The van der Waals surface area contributed by atoms with Crippen molar-refractivity contribution in [3.05, 3.63) is 29.8 Å². The SMILES string of the molecule is COC(C)c1cccc(NC(=O)N2CCC(CN3CCCC3)C2)c1. The molecule has 0 aromatic heterocycles. The Morgan fingerprint density at radius 2 is 2.12 bits per heavy atom. The summed E-state index contributed by atoms with van der Waals surface area (Å²) in [4.78, 5) is 17.0. The number of benzene rings is 1. The zero-order valence-electron chi connectivity index (χ0n) is 14.8. The number of rotatable bonds is 5. The molecular formula is C19H29N3O2. The van der Waals surface area contributed by atoms with Crippen LogP contribution in [0.4, 0.5) is 10.5 Å². The highest BCUT2D eigenvalue weighted by atomic mass is 16.5. The molecule has 2 fully saturated rings. The van der Waals surface area contributed by atoms with Gasteiger partial charge in [0.15, 0.2) is 0 Å². The molecule has 24 heavy (non-hydrogen) atoms. The van der Waals surface area contributed by atoms with Crippen LogP contribution < -0.4 is 5.32 Å². The number of nitrogens with zero attached hydrogens (tertiary/aromatic N) is 2. The maximum Gasteiger partial charge on any atom is 0.321 e. The molecule has 0 aliphatic carbocycles. The summed E-state index contributed by atoms with van der Waals surface area (Å²) in [6.45, 7) is 7.34. The van der Waals surface area contributed by atoms with Crippen LogP contribution >= 0.6 is 0 Å². The van der Waals surface area contributed by atoms with E-state index in [4.69, 9.17) is 4.74 Å². The Balaban J connectivity index is 1.52. The van der Waals surface area contributed by atoms with Gasteiger partial charge in [-0.2, -0.15) is 0 Å². The molecule has 1 aromatic rings. The van der Waals surface area contributed by atoms with Crippen LogP contribution in [0.5, 0.6) is 0 Å². The number of anilines is 1. The molecule has 0 spiro atoms. The van der Waals surface area contributed by atoms with E-state index >= 15 is 0 Å². The molecule has 2 unspecified atom stereocenters. The molecule has 132 valence electrons. The number of carbonyl (C=O) groups excluding carboxylic acids is 1. The van der Waals surface area contributed by atoms with E-state index in [1.807, 2.05) is 36.1 Å². The average molecular weight is 331 g/mol. The molecule has 0 bridgehead atoms. The second-order valence-electron chi connectivity index (χ2n) is 7.04. The van der Waals surface area contributed by atoms with E-state index in [9.17, 15) is 4.79 Å². The third kappa shape index (κ3) is 4.28. The maximum atomic E-state index is 12.5. The summed E-state index contributed by atoms with van der Waals surface area (Å²) >= 11 is 0. The van der Waals surface area contributed by atoms with Crippen molar-refractivity contribution in [3.63, 3.8) is 0 Å². The van der Waals surface area contributed by atoms with Gasteiger partial charge in [0, 0.05) is 32.4 Å². The molecule has 2 aliphatic heterocycles. The Labute approximate surface area is 145 Å². The number of methoxy groups -OCH3 is 1. The lowest BCUT2D eigenvalue weighted by molar-refractivity contribution is 0.119. The molecule has 2 amide bonds. The van der Waals surface area contributed by atoms with E-state index in [1.165, 1.54) is 25.9 Å². The van der Waals surface area contributed by atoms with Gasteiger partial charge in [0.05, 0.1) is 6.10 Å². The van der Waals surface area contributed by atoms with Crippen molar-refractivity contribution in [3.8, 4) is 0 Å². The molecule has 5 nitrogen and oxygen atoms in total. The van der Waals surface area contributed by atoms with Crippen molar-refractivity contribution in [2.45, 2.75) is 32.3 Å². The van der Waals surface area contributed by atoms with Crippen LogP contribution in [-0.4, -0.2) is 55.7 Å². The summed E-state index contributed by atoms with van der Waals surface area (Å²) in [7, 11) is 1.70. The van der Waals surface area contributed by atoms with Crippen LogP contribution in [0.25, 0.3) is 0 Å². The topological polar surface area (TPSA) is 44.8 Å². The van der Waals surface area contributed by atoms with Crippen LogP contribution in [0, 0.1) is 5.92 Å². The lowest BCUT2D eigenvalue weighted by Gasteiger charge is -2.21. The normalized spacial score (nSPS) is 22.8. The summed E-state index contributed by atoms with van der Waals surface area (Å²) in [6, 6.07) is 7.92. The first-order chi connectivity index (χ1) is 11.7. The van der Waals surface area contributed by atoms with Crippen LogP contribution in [0.15, 0.2) is 24.3 Å². The summed E-state index contributed by atoms with van der Waals surface area (Å²) in [6.07, 6.45) is 3.80. The van der Waals surface area contributed by atoms with Gasteiger partial charge in [-0.25, -0.2) is 4.79 Å². The van der Waals surface area contributed by atoms with Crippen LogP contribution in [-0.2, 0) is 4.74 Å². The van der Waals surface area contributed by atoms with Crippen molar-refractivity contribution < 1.29 is 9.53 Å². The van der Waals surface area contributed by atoms with Crippen molar-refractivity contribution >= 4 is 11.7 Å². The van der Waals surface area contributed by atoms with Crippen molar-refractivity contribution in [1.82, 2.24) is 9.80 Å². The fourth-order valence-electron chi connectivity index (χ4n) is 3.70. The Bertz CT molecular complexity index is 557. The quantitative estimate of drug-likeness (QED) is 0.900. The Morgan fingerprint density at radius 3 is 2.88 bits per heavy atom. The number of ether oxygens (including phenoxy) is 1. The molecular weight excluding hydrogens is 302 g/mol. The summed E-state index contributed by atoms with van der Waals surface area (Å²) < 4.78 is 5.35. The maximum absolute atomic E-state index is 12.5. The van der Waals surface area contributed by atoms with Crippen molar-refractivity contribution in [2.24, 2.45) is 5.92 Å². The molecule has 2 heterocycles. The first-order valence-electron chi connectivity index (χ1n) is 9.06. The number of nitrogens with one attached hydrogen (secondary N) is 1. The molecule has 2 saturated heterocycles. The Hall–Kier alpha value is -1.59. The second-order valence-corrected chi connectivity index (χ2v) is 7.04. The molecule has 2 atom stereocenters. The highest BCUT2D eigenvalue weighted by Gasteiger charge is 2.28. The second kappa shape index (κ2) is 7.99. The number of carbonyl (C=O) groups is 1. The van der Waals surface area contributed by atoms with Crippen molar-refractivity contribution in [2.75, 3.05) is 45.2 Å². The monoisotopic (exact) mass is 331 g/mol. The van der Waals surface area contributed by atoms with Gasteiger partial charge < -0.3 is 19.9 Å². The van der Waals surface area contributed by atoms with Gasteiger partial charge in [-0.1, -0.05) is 12.1 Å². The van der Waals surface area contributed by atoms with E-state index in [-0.39, 0.29) is 12.1 Å². The van der Waals surface area contributed by atoms with E-state index in [1.54, 1.807) is 7.11 Å². The van der Waals surface area contributed by atoms with E-state index in [0.29, 0.717) is 5.92 Å². The average Bonchev–Trinajstić information content (AvgIpc) is 3.27. The minimum Gasteiger partial charge on any atom is -0.377 e. The van der Waals surface area contributed by atoms with Gasteiger partial charge in [-0.3, -0.25) is 0 Å². The fourth-order valence-corrected chi connectivity index (χ4v) is 3.70. The van der Waals surface area contributed by atoms with E-state index in [0.717, 1.165) is 37.3 Å². The lowest BCUT2D eigenvalue weighted by Crippen LogP contribution is -2.34. The fraction of sp³-hybridized carbons (Fsp3) is 0.632. The first kappa shape index (κ1) is 17.2. The minimum absolute atomic E-state index is 0.0149. The highest BCUT2D eigenvalue weighted by molar-refractivity contribution is 5.89. The molecule has 1 aromatic carbocycles. The number of amides is 2. The van der Waals surface area contributed by atoms with E-state index < -0.39 is 0 Å². The van der Waals surface area contributed by atoms with Gasteiger partial charge >= 0.3 is 6.03 Å². The smallest absolute Gasteiger partial charge is 0.321 e. The van der Waals surface area contributed by atoms with Gasteiger partial charge in [-0.05, 0) is 62.9 Å². The number of urea groups is 1. The minimum atomic E-state index is 0.0149. The zero-order valence-corrected chi connectivity index (χ0v) is 14.8. The standard InChI is InChI=1S/C19H29N3O2/c1-15(24-2)17-6-5-7-18(12-17)20-19(23)22-11-8-16(14-22)13-21-9-3-4-10-21/h5-7,12,15-16H,3-4,8-11,13-14H2,1-2H3,(H,20,23). The Kier molecular flexibility index (Phi) is 5.74. The third-order valence-corrected chi connectivity index (χ3v) is 5.25. The molecule has 5 heteroatoms. The molecule has 0 saturated carbocycles. The lowest BCUT2D eigenvalue weighted by atomic mass is 10.1. The third-order valence-electron chi connectivity index (χ3n) is 5.25. The predicted octanol–water partition coefficient (Wildman–Crippen LogP) is 3.34. The zero-order chi connectivity index (χ0) is 16.9. The largest absolute Gasteiger partial charge is 0.377 e. The summed E-state index contributed by atoms with van der Waals surface area (Å²) in [5.74, 6) is 0.619. The van der Waals surface area contributed by atoms with Crippen LogP contribution in [0.3, 0.4) is 0 Å². The predicted molar refractivity (Wildman–Crippen MR) is 96.2 cm³/mol. The van der Waals surface area contributed by atoms with Crippen molar-refractivity contribution in [1.29, 1.82) is 0 Å². The Morgan fingerprint density at radius 1 is 1.33 bits per heavy atom. The number of hydrogen-bond donors (Lipinski definition) is 1. The molecule has 2 aliphatic rings.